The van der Waals surface area contributed by atoms with Crippen molar-refractivity contribution in [2.24, 2.45) is 0 Å². The molecule has 0 aliphatic carbocycles. The number of esters is 1. The molecule has 0 aromatic carbocycles. The summed E-state index contributed by atoms with van der Waals surface area (Å²) in [6.45, 7) is 0. The molecule has 4 nitrogen and oxygen atoms in total. The van der Waals surface area contributed by atoms with Crippen molar-refractivity contribution in [3.8, 4) is 5.88 Å². The molecule has 1 heterocycles. The molecule has 19 heavy (non-hydrogen) atoms. The highest BCUT2D eigenvalue weighted by atomic mass is 19.4. The van der Waals surface area contributed by atoms with Gasteiger partial charge < -0.3 is 9.47 Å². The first-order valence-electron chi connectivity index (χ1n) is 4.75. The number of halogens is 5. The quantitative estimate of drug-likeness (QED) is 0.633. The number of nitrogens with zero attached hydrogens (tertiary/aromatic N) is 1. The third-order valence-electron chi connectivity index (χ3n) is 2.12. The normalized spacial score (nSPS) is 11.6. The molecule has 0 N–H and O–H groups in total. The van der Waals surface area contributed by atoms with Gasteiger partial charge in [0.15, 0.2) is 5.69 Å². The van der Waals surface area contributed by atoms with Crippen LogP contribution in [0.2, 0.25) is 0 Å². The Balaban J connectivity index is 3.58. The zero-order chi connectivity index (χ0) is 14.8. The minimum atomic E-state index is -5.00. The Morgan fingerprint density at radius 3 is 2.26 bits per heavy atom. The lowest BCUT2D eigenvalue weighted by Crippen LogP contribution is -2.18. The standard InChI is InChI=1S/C10H8F5NO3/c1-18-8-5(7(11)12)3-4(9(17)19-2)6(16-8)10(13,14)15/h3,7H,1-2H3. The Morgan fingerprint density at radius 2 is 1.89 bits per heavy atom. The minimum absolute atomic E-state index is 0.366. The van der Waals surface area contributed by atoms with E-state index in [1.54, 1.807) is 0 Å². The third-order valence-corrected chi connectivity index (χ3v) is 2.12. The molecule has 0 amide bonds. The number of alkyl halides is 5. The fourth-order valence-corrected chi connectivity index (χ4v) is 1.31. The average molecular weight is 285 g/mol. The van der Waals surface area contributed by atoms with Crippen LogP contribution in [0.4, 0.5) is 22.0 Å². The van der Waals surface area contributed by atoms with E-state index < -0.39 is 41.3 Å². The lowest BCUT2D eigenvalue weighted by Gasteiger charge is -2.14. The van der Waals surface area contributed by atoms with Gasteiger partial charge in [0.2, 0.25) is 5.88 Å². The highest BCUT2D eigenvalue weighted by Crippen LogP contribution is 2.36. The second-order valence-electron chi connectivity index (χ2n) is 3.27. The molecule has 0 radical (unpaired) electrons. The summed E-state index contributed by atoms with van der Waals surface area (Å²) in [4.78, 5) is 14.1. The summed E-state index contributed by atoms with van der Waals surface area (Å²) in [5.74, 6) is -2.31. The van der Waals surface area contributed by atoms with Gasteiger partial charge in [-0.15, -0.1) is 0 Å². The number of carbonyl (C=O) groups is 1. The number of hydrogen-bond donors (Lipinski definition) is 0. The molecule has 9 heteroatoms. The van der Waals surface area contributed by atoms with Gasteiger partial charge in [0.05, 0.1) is 25.3 Å². The van der Waals surface area contributed by atoms with Gasteiger partial charge >= 0.3 is 12.1 Å². The molecule has 1 aromatic rings. The first kappa shape index (κ1) is 15.1. The Bertz CT molecular complexity index is 487. The minimum Gasteiger partial charge on any atom is -0.481 e. The molecule has 1 rings (SSSR count). The van der Waals surface area contributed by atoms with E-state index in [9.17, 15) is 26.7 Å². The first-order valence-corrected chi connectivity index (χ1v) is 4.75. The van der Waals surface area contributed by atoms with Crippen LogP contribution in [-0.2, 0) is 10.9 Å². The van der Waals surface area contributed by atoms with Gasteiger partial charge in [-0.3, -0.25) is 0 Å². The van der Waals surface area contributed by atoms with Gasteiger partial charge in [-0.25, -0.2) is 18.6 Å². The van der Waals surface area contributed by atoms with Crippen LogP contribution in [0.5, 0.6) is 5.88 Å². The number of pyridine rings is 1. The summed E-state index contributed by atoms with van der Waals surface area (Å²) in [6, 6.07) is 0.366. The highest BCUT2D eigenvalue weighted by Gasteiger charge is 2.39. The largest absolute Gasteiger partial charge is 0.481 e. The van der Waals surface area contributed by atoms with E-state index in [4.69, 9.17) is 0 Å². The number of methoxy groups -OCH3 is 2. The summed E-state index contributed by atoms with van der Waals surface area (Å²) < 4.78 is 71.8. The highest BCUT2D eigenvalue weighted by molar-refractivity contribution is 5.91. The Labute approximate surface area is 104 Å². The topological polar surface area (TPSA) is 48.4 Å². The maximum absolute atomic E-state index is 12.7. The van der Waals surface area contributed by atoms with Crippen LogP contribution in [0.1, 0.15) is 28.0 Å². The van der Waals surface area contributed by atoms with Gasteiger partial charge in [0.25, 0.3) is 6.43 Å². The first-order chi connectivity index (χ1) is 8.72. The summed E-state index contributed by atoms with van der Waals surface area (Å²) >= 11 is 0. The molecule has 0 fully saturated rings. The predicted octanol–water partition coefficient (Wildman–Crippen LogP) is 2.83. The van der Waals surface area contributed by atoms with Gasteiger partial charge in [-0.05, 0) is 6.07 Å². The van der Waals surface area contributed by atoms with Crippen molar-refractivity contribution in [2.75, 3.05) is 14.2 Å². The number of hydrogen-bond acceptors (Lipinski definition) is 4. The zero-order valence-electron chi connectivity index (χ0n) is 9.72. The van der Waals surface area contributed by atoms with Gasteiger partial charge in [-0.1, -0.05) is 0 Å². The summed E-state index contributed by atoms with van der Waals surface area (Å²) in [7, 11) is 1.72. The molecule has 1 aromatic heterocycles. The summed E-state index contributed by atoms with van der Waals surface area (Å²) in [5, 5.41) is 0. The fourth-order valence-electron chi connectivity index (χ4n) is 1.31. The lowest BCUT2D eigenvalue weighted by molar-refractivity contribution is -0.142. The Morgan fingerprint density at radius 1 is 1.32 bits per heavy atom. The molecule has 106 valence electrons. The maximum Gasteiger partial charge on any atom is 0.434 e. The number of aromatic nitrogens is 1. The van der Waals surface area contributed by atoms with Crippen LogP contribution in [-0.4, -0.2) is 25.2 Å². The third kappa shape index (κ3) is 3.09. The molecule has 0 spiro atoms. The van der Waals surface area contributed by atoms with E-state index >= 15 is 0 Å². The lowest BCUT2D eigenvalue weighted by atomic mass is 10.1. The van der Waals surface area contributed by atoms with Crippen molar-refractivity contribution < 1.29 is 36.2 Å². The van der Waals surface area contributed by atoms with Crippen LogP contribution in [0.15, 0.2) is 6.07 Å². The summed E-state index contributed by atoms with van der Waals surface area (Å²) in [5.41, 5.74) is -3.65. The number of rotatable bonds is 3. The SMILES string of the molecule is COC(=O)c1cc(C(F)F)c(OC)nc1C(F)(F)F. The van der Waals surface area contributed by atoms with E-state index in [1.807, 2.05) is 0 Å². The molecule has 0 atom stereocenters. The van der Waals surface area contributed by atoms with Crippen molar-refractivity contribution >= 4 is 5.97 Å². The summed E-state index contributed by atoms with van der Waals surface area (Å²) in [6.07, 6.45) is -8.15. The molecule has 0 saturated carbocycles. The molecular weight excluding hydrogens is 277 g/mol. The second-order valence-corrected chi connectivity index (χ2v) is 3.27. The van der Waals surface area contributed by atoms with Crippen molar-refractivity contribution in [2.45, 2.75) is 12.6 Å². The van der Waals surface area contributed by atoms with E-state index in [2.05, 4.69) is 14.5 Å². The molecule has 0 unspecified atom stereocenters. The monoisotopic (exact) mass is 285 g/mol. The average Bonchev–Trinajstić information content (AvgIpc) is 2.34. The van der Waals surface area contributed by atoms with Crippen molar-refractivity contribution in [1.82, 2.24) is 4.98 Å². The predicted molar refractivity (Wildman–Crippen MR) is 52.1 cm³/mol. The fraction of sp³-hybridized carbons (Fsp3) is 0.400. The molecule has 0 saturated heterocycles. The molecule has 0 aliphatic heterocycles. The molecular formula is C10H8F5NO3. The van der Waals surface area contributed by atoms with Crippen molar-refractivity contribution in [1.29, 1.82) is 0 Å². The Hall–Kier alpha value is -1.93. The molecule has 0 aliphatic rings. The van der Waals surface area contributed by atoms with Crippen LogP contribution in [0.25, 0.3) is 0 Å². The number of carbonyl (C=O) groups excluding carboxylic acids is 1. The van der Waals surface area contributed by atoms with Gasteiger partial charge in [-0.2, -0.15) is 13.2 Å². The van der Waals surface area contributed by atoms with Crippen LogP contribution < -0.4 is 4.74 Å². The van der Waals surface area contributed by atoms with Crippen molar-refractivity contribution in [3.63, 3.8) is 0 Å². The zero-order valence-corrected chi connectivity index (χ0v) is 9.72. The Kier molecular flexibility index (Phi) is 4.28. The van der Waals surface area contributed by atoms with Crippen LogP contribution in [0.3, 0.4) is 0 Å². The van der Waals surface area contributed by atoms with Crippen LogP contribution in [0, 0.1) is 0 Å². The van der Waals surface area contributed by atoms with E-state index in [1.165, 1.54) is 0 Å². The van der Waals surface area contributed by atoms with Gasteiger partial charge in [0.1, 0.15) is 0 Å². The maximum atomic E-state index is 12.7. The van der Waals surface area contributed by atoms with E-state index in [-0.39, 0.29) is 0 Å². The smallest absolute Gasteiger partial charge is 0.434 e. The van der Waals surface area contributed by atoms with E-state index in [0.717, 1.165) is 14.2 Å². The second kappa shape index (κ2) is 5.37. The molecule has 0 bridgehead atoms. The number of ether oxygens (including phenoxy) is 2. The van der Waals surface area contributed by atoms with Gasteiger partial charge in [0, 0.05) is 0 Å². The van der Waals surface area contributed by atoms with Crippen molar-refractivity contribution in [3.05, 3.63) is 22.9 Å². The van der Waals surface area contributed by atoms with E-state index in [0.29, 0.717) is 6.07 Å². The van der Waals surface area contributed by atoms with Crippen LogP contribution >= 0.6 is 0 Å².